The number of para-hydroxylation sites is 2. The van der Waals surface area contributed by atoms with Crippen LogP contribution in [0.3, 0.4) is 0 Å². The first-order valence-electron chi connectivity index (χ1n) is 21.1. The van der Waals surface area contributed by atoms with Crippen molar-refractivity contribution < 1.29 is 8.83 Å². The van der Waals surface area contributed by atoms with Gasteiger partial charge < -0.3 is 8.83 Å². The molecule has 0 aliphatic carbocycles. The lowest BCUT2D eigenvalue weighted by atomic mass is 9.98. The summed E-state index contributed by atoms with van der Waals surface area (Å²) in [5.41, 5.74) is 14.0. The normalized spacial score (nSPS) is 11.8. The van der Waals surface area contributed by atoms with Gasteiger partial charge in [-0.3, -0.25) is 4.57 Å². The van der Waals surface area contributed by atoms with Crippen LogP contribution >= 0.6 is 0 Å². The molecule has 0 aliphatic rings. The summed E-state index contributed by atoms with van der Waals surface area (Å²) in [5.74, 6) is 1.75. The van der Waals surface area contributed by atoms with Gasteiger partial charge in [-0.2, -0.15) is 9.97 Å². The van der Waals surface area contributed by atoms with Gasteiger partial charge in [0.15, 0.2) is 11.6 Å². The second-order valence-corrected chi connectivity index (χ2v) is 16.0. The summed E-state index contributed by atoms with van der Waals surface area (Å²) < 4.78 is 14.6. The minimum atomic E-state index is 0.545. The first kappa shape index (κ1) is 35.2. The highest BCUT2D eigenvalue weighted by Gasteiger charge is 2.20. The number of aromatic nitrogens is 4. The summed E-state index contributed by atoms with van der Waals surface area (Å²) in [4.78, 5) is 15.6. The molecular weight excluding hydrogens is 773 g/mol. The number of hydrogen-bond donors (Lipinski definition) is 0. The van der Waals surface area contributed by atoms with E-state index in [2.05, 4.69) is 150 Å². The highest BCUT2D eigenvalue weighted by Crippen LogP contribution is 2.40. The van der Waals surface area contributed by atoms with E-state index < -0.39 is 0 Å². The van der Waals surface area contributed by atoms with E-state index in [1.165, 1.54) is 0 Å². The molecule has 0 spiro atoms. The van der Waals surface area contributed by atoms with Gasteiger partial charge in [-0.1, -0.05) is 146 Å². The van der Waals surface area contributed by atoms with Crippen molar-refractivity contribution in [3.05, 3.63) is 206 Å². The van der Waals surface area contributed by atoms with Crippen molar-refractivity contribution in [3.63, 3.8) is 0 Å². The molecule has 0 amide bonds. The van der Waals surface area contributed by atoms with E-state index in [1.54, 1.807) is 0 Å². The van der Waals surface area contributed by atoms with E-state index in [0.717, 1.165) is 110 Å². The second kappa shape index (κ2) is 14.0. The number of rotatable bonds is 6. The maximum Gasteiger partial charge on any atom is 0.238 e. The predicted molar refractivity (Wildman–Crippen MR) is 256 cm³/mol. The van der Waals surface area contributed by atoms with E-state index in [-0.39, 0.29) is 0 Å². The molecule has 13 aromatic rings. The Morgan fingerprint density at radius 2 is 0.635 bits per heavy atom. The SMILES string of the molecule is c1ccc(-c2ccc(-c3nc(-c4ccccc4)nc(-n4c5ccc(-c6ccc7oc8ccccc8c7c6)cc5c5cc(-c6ccc7oc8ccccc8c7c6)ccc54)n3)cc2)cc1. The van der Waals surface area contributed by atoms with Crippen molar-refractivity contribution in [1.82, 2.24) is 19.5 Å². The smallest absolute Gasteiger partial charge is 0.238 e. The van der Waals surface area contributed by atoms with Crippen molar-refractivity contribution >= 4 is 65.7 Å². The molecule has 0 bridgehead atoms. The lowest BCUT2D eigenvalue weighted by molar-refractivity contribution is 0.668. The summed E-state index contributed by atoms with van der Waals surface area (Å²) in [6.07, 6.45) is 0. The maximum absolute atomic E-state index is 6.20. The zero-order chi connectivity index (χ0) is 41.4. The third-order valence-corrected chi connectivity index (χ3v) is 12.3. The highest BCUT2D eigenvalue weighted by molar-refractivity contribution is 6.13. The van der Waals surface area contributed by atoms with E-state index >= 15 is 0 Å². The molecule has 4 aromatic heterocycles. The molecule has 294 valence electrons. The van der Waals surface area contributed by atoms with E-state index in [4.69, 9.17) is 23.8 Å². The highest BCUT2D eigenvalue weighted by atomic mass is 16.3. The molecule has 0 radical (unpaired) electrons. The summed E-state index contributed by atoms with van der Waals surface area (Å²) in [7, 11) is 0. The average molecular weight is 807 g/mol. The molecule has 0 unspecified atom stereocenters. The standard InChI is InChI=1S/C57H34N4O2/c1-3-11-35(12-4-1)36-19-21-38(22-20-36)56-58-55(37-13-5-2-6-14-37)59-57(60-56)61-49-27-23-39(41-25-29-53-47(33-41)43-15-7-9-17-51(43)62-53)31-45(49)46-32-40(24-28-50(46)61)42-26-30-54-48(34-42)44-16-8-10-18-52(44)63-54/h1-34H. The van der Waals surface area contributed by atoms with Gasteiger partial charge in [0.1, 0.15) is 22.3 Å². The Balaban J connectivity index is 1.03. The van der Waals surface area contributed by atoms with Crippen LogP contribution in [-0.2, 0) is 0 Å². The second-order valence-electron chi connectivity index (χ2n) is 16.0. The molecule has 0 saturated carbocycles. The molecule has 4 heterocycles. The molecule has 63 heavy (non-hydrogen) atoms. The largest absolute Gasteiger partial charge is 0.456 e. The summed E-state index contributed by atoms with van der Waals surface area (Å²) >= 11 is 0. The van der Waals surface area contributed by atoms with E-state index in [0.29, 0.717) is 17.6 Å². The first-order chi connectivity index (χ1) is 31.2. The van der Waals surface area contributed by atoms with E-state index in [9.17, 15) is 0 Å². The number of benzene rings is 9. The van der Waals surface area contributed by atoms with Crippen LogP contribution in [0.15, 0.2) is 215 Å². The fourth-order valence-electron chi connectivity index (χ4n) is 9.16. The summed E-state index contributed by atoms with van der Waals surface area (Å²) in [6, 6.07) is 71.8. The van der Waals surface area contributed by atoms with Gasteiger partial charge in [-0.05, 0) is 94.0 Å². The van der Waals surface area contributed by atoms with Gasteiger partial charge in [-0.15, -0.1) is 0 Å². The van der Waals surface area contributed by atoms with Crippen LogP contribution in [0.5, 0.6) is 0 Å². The fourth-order valence-corrected chi connectivity index (χ4v) is 9.16. The Morgan fingerprint density at radius 3 is 1.16 bits per heavy atom. The molecule has 0 aliphatic heterocycles. The molecule has 6 nitrogen and oxygen atoms in total. The molecule has 6 heteroatoms. The molecular formula is C57H34N4O2. The third kappa shape index (κ3) is 5.84. The summed E-state index contributed by atoms with van der Waals surface area (Å²) in [5, 5.41) is 6.58. The molecule has 0 saturated heterocycles. The van der Waals surface area contributed by atoms with Crippen LogP contribution < -0.4 is 0 Å². The Hall–Kier alpha value is -8.61. The minimum absolute atomic E-state index is 0.545. The van der Waals surface area contributed by atoms with Crippen LogP contribution in [0.2, 0.25) is 0 Å². The number of furan rings is 2. The van der Waals surface area contributed by atoms with Crippen molar-refractivity contribution in [2.24, 2.45) is 0 Å². The van der Waals surface area contributed by atoms with Gasteiger partial charge in [0.05, 0.1) is 11.0 Å². The van der Waals surface area contributed by atoms with Crippen molar-refractivity contribution in [2.45, 2.75) is 0 Å². The molecule has 9 aromatic carbocycles. The van der Waals surface area contributed by atoms with Gasteiger partial charge >= 0.3 is 0 Å². The van der Waals surface area contributed by atoms with Crippen LogP contribution in [0.1, 0.15) is 0 Å². The Bertz CT molecular complexity index is 3730. The Labute approximate surface area is 361 Å². The maximum atomic E-state index is 6.20. The van der Waals surface area contributed by atoms with Crippen molar-refractivity contribution in [1.29, 1.82) is 0 Å². The van der Waals surface area contributed by atoms with Gasteiger partial charge in [0.25, 0.3) is 0 Å². The zero-order valence-electron chi connectivity index (χ0n) is 33.7. The lowest BCUT2D eigenvalue weighted by Crippen LogP contribution is -2.06. The zero-order valence-corrected chi connectivity index (χ0v) is 33.7. The number of hydrogen-bond acceptors (Lipinski definition) is 5. The Morgan fingerprint density at radius 1 is 0.270 bits per heavy atom. The quantitative estimate of drug-likeness (QED) is 0.167. The predicted octanol–water partition coefficient (Wildman–Crippen LogP) is 15.1. The van der Waals surface area contributed by atoms with Gasteiger partial charge in [-0.25, -0.2) is 4.98 Å². The summed E-state index contributed by atoms with van der Waals surface area (Å²) in [6.45, 7) is 0. The van der Waals surface area contributed by atoms with Gasteiger partial charge in [0, 0.05) is 43.4 Å². The van der Waals surface area contributed by atoms with Gasteiger partial charge in [0.2, 0.25) is 5.95 Å². The van der Waals surface area contributed by atoms with Crippen LogP contribution in [-0.4, -0.2) is 19.5 Å². The Kier molecular flexibility index (Phi) is 7.80. The lowest BCUT2D eigenvalue weighted by Gasteiger charge is -2.12. The van der Waals surface area contributed by atoms with Crippen LogP contribution in [0.25, 0.3) is 128 Å². The molecule has 0 N–H and O–H groups in total. The first-order valence-corrected chi connectivity index (χ1v) is 21.1. The third-order valence-electron chi connectivity index (χ3n) is 12.3. The minimum Gasteiger partial charge on any atom is -0.456 e. The monoisotopic (exact) mass is 806 g/mol. The fraction of sp³-hybridized carbons (Fsp3) is 0. The number of fused-ring (bicyclic) bond motifs is 9. The van der Waals surface area contributed by atoms with Crippen LogP contribution in [0.4, 0.5) is 0 Å². The average Bonchev–Trinajstić information content (AvgIpc) is 4.03. The number of nitrogens with zero attached hydrogens (tertiary/aromatic N) is 4. The topological polar surface area (TPSA) is 69.9 Å². The van der Waals surface area contributed by atoms with Crippen molar-refractivity contribution in [2.75, 3.05) is 0 Å². The molecule has 0 fully saturated rings. The molecule has 13 rings (SSSR count). The van der Waals surface area contributed by atoms with Crippen molar-refractivity contribution in [3.8, 4) is 62.1 Å². The molecule has 0 atom stereocenters. The van der Waals surface area contributed by atoms with Crippen LogP contribution in [0, 0.1) is 0 Å². The van der Waals surface area contributed by atoms with E-state index in [1.807, 2.05) is 60.7 Å².